The number of hydrogen-bond acceptors (Lipinski definition) is 7. The zero-order valence-corrected chi connectivity index (χ0v) is 16.0. The molecule has 1 fully saturated rings. The Kier molecular flexibility index (Phi) is 6.65. The van der Waals surface area contributed by atoms with Gasteiger partial charge in [-0.05, 0) is 17.2 Å². The molecule has 1 heterocycles. The summed E-state index contributed by atoms with van der Waals surface area (Å²) < 4.78 is 39.1. The molecule has 2 aromatic carbocycles. The fourth-order valence-electron chi connectivity index (χ4n) is 3.48. The Bertz CT molecular complexity index is 938. The van der Waals surface area contributed by atoms with E-state index in [1.807, 2.05) is 6.07 Å². The molecule has 0 unspecified atom stereocenters. The van der Waals surface area contributed by atoms with Crippen molar-refractivity contribution < 1.29 is 38.7 Å². The Morgan fingerprint density at radius 2 is 1.73 bits per heavy atom. The van der Waals surface area contributed by atoms with Crippen LogP contribution < -0.4 is 4.74 Å². The summed E-state index contributed by atoms with van der Waals surface area (Å²) >= 11 is 0. The first-order chi connectivity index (χ1) is 14.3. The van der Waals surface area contributed by atoms with Gasteiger partial charge in [-0.25, -0.2) is 8.78 Å². The highest BCUT2D eigenvalue weighted by Gasteiger charge is 2.44. The molecule has 30 heavy (non-hydrogen) atoms. The average molecular weight is 421 g/mol. The molecular formula is C21H21F2NO6. The first-order valence-electron chi connectivity index (χ1n) is 9.16. The summed E-state index contributed by atoms with van der Waals surface area (Å²) in [7, 11) is 1.28. The maximum Gasteiger partial charge on any atom is 0.133 e. The van der Waals surface area contributed by atoms with Gasteiger partial charge in [-0.3, -0.25) is 0 Å². The molecule has 4 N–H and O–H groups in total. The average Bonchev–Trinajstić information content (AvgIpc) is 2.74. The molecule has 0 amide bonds. The summed E-state index contributed by atoms with van der Waals surface area (Å²) in [6.07, 6.45) is -7.09. The maximum absolute atomic E-state index is 14.4. The van der Waals surface area contributed by atoms with Gasteiger partial charge in [0.15, 0.2) is 0 Å². The fourth-order valence-corrected chi connectivity index (χ4v) is 3.48. The Balaban J connectivity index is 1.98. The second-order valence-electron chi connectivity index (χ2n) is 7.02. The summed E-state index contributed by atoms with van der Waals surface area (Å²) in [5.41, 5.74) is 0.487. The van der Waals surface area contributed by atoms with Crippen molar-refractivity contribution in [2.75, 3.05) is 13.7 Å². The van der Waals surface area contributed by atoms with Crippen LogP contribution >= 0.6 is 0 Å². The van der Waals surface area contributed by atoms with E-state index in [0.717, 1.165) is 12.1 Å². The van der Waals surface area contributed by atoms with Crippen molar-refractivity contribution in [2.24, 2.45) is 0 Å². The zero-order valence-electron chi connectivity index (χ0n) is 16.0. The van der Waals surface area contributed by atoms with Crippen LogP contribution in [0.4, 0.5) is 8.78 Å². The molecular weight excluding hydrogens is 400 g/mol. The highest BCUT2D eigenvalue weighted by molar-refractivity contribution is 5.45. The van der Waals surface area contributed by atoms with E-state index in [1.165, 1.54) is 25.3 Å². The maximum atomic E-state index is 14.4. The molecule has 1 saturated heterocycles. The topological polar surface area (TPSA) is 123 Å². The lowest BCUT2D eigenvalue weighted by molar-refractivity contribution is -0.231. The van der Waals surface area contributed by atoms with Crippen molar-refractivity contribution in [3.05, 3.63) is 64.2 Å². The third-order valence-electron chi connectivity index (χ3n) is 5.19. The smallest absolute Gasteiger partial charge is 0.133 e. The Labute approximate surface area is 171 Å². The molecule has 9 heteroatoms. The highest BCUT2D eigenvalue weighted by Crippen LogP contribution is 2.34. The molecule has 0 aliphatic carbocycles. The largest absolute Gasteiger partial charge is 0.497 e. The van der Waals surface area contributed by atoms with Gasteiger partial charge in [-0.1, -0.05) is 12.1 Å². The van der Waals surface area contributed by atoms with Gasteiger partial charge in [0.1, 0.15) is 47.9 Å². The van der Waals surface area contributed by atoms with E-state index in [2.05, 4.69) is 0 Å². The van der Waals surface area contributed by atoms with E-state index in [4.69, 9.17) is 9.47 Å². The molecule has 1 aliphatic heterocycles. The molecule has 0 bridgehead atoms. The number of aliphatic hydroxyl groups is 4. The summed E-state index contributed by atoms with van der Waals surface area (Å²) in [6.45, 7) is -0.590. The minimum atomic E-state index is -1.57. The molecule has 5 atom stereocenters. The fraction of sp³-hybridized carbons (Fsp3) is 0.381. The van der Waals surface area contributed by atoms with Gasteiger partial charge < -0.3 is 29.9 Å². The number of hydrogen-bond donors (Lipinski definition) is 4. The molecule has 0 spiro atoms. The van der Waals surface area contributed by atoms with Crippen LogP contribution in [0.25, 0.3) is 0 Å². The molecule has 1 aliphatic rings. The number of rotatable bonds is 5. The molecule has 2 aromatic rings. The van der Waals surface area contributed by atoms with Crippen LogP contribution in [-0.4, -0.2) is 58.6 Å². The SMILES string of the molecule is COc1cc(F)c(Cc2cc([C@@H]3O[C@H](CO)[C@@H](O)[C@H](O)[C@H]3O)ccc2C#N)c(F)c1. The van der Waals surface area contributed by atoms with Crippen LogP contribution in [0.3, 0.4) is 0 Å². The van der Waals surface area contributed by atoms with Gasteiger partial charge in [0.2, 0.25) is 0 Å². The third kappa shape index (κ3) is 4.14. The standard InChI is InChI=1S/C21H21F2NO6/c1-29-13-6-15(22)14(16(23)7-13)5-12-4-10(2-3-11(12)8-24)21-20(28)19(27)18(26)17(9-25)30-21/h2-4,6-7,17-21,25-28H,5,9H2,1H3/t17-,18-,19+,20-,21+/m1/s1. The van der Waals surface area contributed by atoms with E-state index in [0.29, 0.717) is 5.56 Å². The summed E-state index contributed by atoms with van der Waals surface area (Å²) in [6, 6.07) is 8.33. The summed E-state index contributed by atoms with van der Waals surface area (Å²) in [5.74, 6) is -1.66. The first kappa shape index (κ1) is 22.1. The predicted octanol–water partition coefficient (Wildman–Crippen LogP) is 0.951. The second kappa shape index (κ2) is 9.04. The van der Waals surface area contributed by atoms with Crippen LogP contribution in [0, 0.1) is 23.0 Å². The lowest BCUT2D eigenvalue weighted by Crippen LogP contribution is -2.55. The van der Waals surface area contributed by atoms with Crippen LogP contribution in [0.15, 0.2) is 30.3 Å². The van der Waals surface area contributed by atoms with Gasteiger partial charge in [0.05, 0.1) is 25.3 Å². The number of nitrogens with zero attached hydrogens (tertiary/aromatic N) is 1. The predicted molar refractivity (Wildman–Crippen MR) is 99.6 cm³/mol. The summed E-state index contributed by atoms with van der Waals surface area (Å²) in [4.78, 5) is 0. The minimum absolute atomic E-state index is 0.0179. The van der Waals surface area contributed by atoms with Crippen LogP contribution in [0.2, 0.25) is 0 Å². The van der Waals surface area contributed by atoms with E-state index in [1.54, 1.807) is 0 Å². The Morgan fingerprint density at radius 3 is 2.30 bits per heavy atom. The Morgan fingerprint density at radius 1 is 1.07 bits per heavy atom. The van der Waals surface area contributed by atoms with Gasteiger partial charge in [0.25, 0.3) is 0 Å². The molecule has 0 saturated carbocycles. The van der Waals surface area contributed by atoms with E-state index < -0.39 is 48.8 Å². The molecule has 0 radical (unpaired) electrons. The van der Waals surface area contributed by atoms with Gasteiger partial charge >= 0.3 is 0 Å². The first-order valence-corrected chi connectivity index (χ1v) is 9.16. The second-order valence-corrected chi connectivity index (χ2v) is 7.02. The minimum Gasteiger partial charge on any atom is -0.497 e. The third-order valence-corrected chi connectivity index (χ3v) is 5.19. The van der Waals surface area contributed by atoms with Crippen molar-refractivity contribution in [1.82, 2.24) is 0 Å². The van der Waals surface area contributed by atoms with E-state index in [-0.39, 0.29) is 28.9 Å². The van der Waals surface area contributed by atoms with Crippen molar-refractivity contribution in [3.8, 4) is 11.8 Å². The van der Waals surface area contributed by atoms with E-state index in [9.17, 15) is 34.5 Å². The molecule has 0 aromatic heterocycles. The van der Waals surface area contributed by atoms with Crippen LogP contribution in [-0.2, 0) is 11.2 Å². The normalized spacial score (nSPS) is 26.3. The molecule has 160 valence electrons. The monoisotopic (exact) mass is 421 g/mol. The lowest BCUT2D eigenvalue weighted by atomic mass is 9.89. The van der Waals surface area contributed by atoms with Crippen molar-refractivity contribution >= 4 is 0 Å². The van der Waals surface area contributed by atoms with Crippen molar-refractivity contribution in [3.63, 3.8) is 0 Å². The summed E-state index contributed by atoms with van der Waals surface area (Å²) in [5, 5.41) is 49.0. The van der Waals surface area contributed by atoms with Crippen LogP contribution in [0.5, 0.6) is 5.75 Å². The number of halogens is 2. The Hall–Kier alpha value is -2.61. The number of nitriles is 1. The van der Waals surface area contributed by atoms with E-state index >= 15 is 0 Å². The van der Waals surface area contributed by atoms with Gasteiger partial charge in [0, 0.05) is 24.1 Å². The quantitative estimate of drug-likeness (QED) is 0.567. The van der Waals surface area contributed by atoms with Gasteiger partial charge in [-0.2, -0.15) is 5.26 Å². The number of benzene rings is 2. The van der Waals surface area contributed by atoms with Crippen molar-refractivity contribution in [2.45, 2.75) is 36.9 Å². The number of methoxy groups -OCH3 is 1. The molecule has 3 rings (SSSR count). The highest BCUT2D eigenvalue weighted by atomic mass is 19.1. The molecule has 7 nitrogen and oxygen atoms in total. The van der Waals surface area contributed by atoms with Gasteiger partial charge in [-0.15, -0.1) is 0 Å². The van der Waals surface area contributed by atoms with Crippen molar-refractivity contribution in [1.29, 1.82) is 5.26 Å². The number of ether oxygens (including phenoxy) is 2. The number of aliphatic hydroxyl groups excluding tert-OH is 4. The zero-order chi connectivity index (χ0) is 22.0. The van der Waals surface area contributed by atoms with Crippen LogP contribution in [0.1, 0.15) is 28.4 Å². The lowest BCUT2D eigenvalue weighted by Gasteiger charge is -2.40.